The summed E-state index contributed by atoms with van der Waals surface area (Å²) in [5.74, 6) is 0.380. The highest BCUT2D eigenvalue weighted by molar-refractivity contribution is 7.99. The SMILES string of the molecule is O=C(CSc1ccccn1)Nc1ccc(O)cc1. The van der Waals surface area contributed by atoms with Crippen LogP contribution in [0.2, 0.25) is 0 Å². The number of hydrogen-bond acceptors (Lipinski definition) is 4. The molecule has 1 aromatic heterocycles. The number of aromatic hydroxyl groups is 1. The first-order chi connectivity index (χ1) is 8.74. The average molecular weight is 260 g/mol. The molecule has 0 aliphatic rings. The molecule has 0 unspecified atom stereocenters. The maximum Gasteiger partial charge on any atom is 0.234 e. The number of amides is 1. The Bertz CT molecular complexity index is 514. The van der Waals surface area contributed by atoms with Gasteiger partial charge in [0.2, 0.25) is 5.91 Å². The number of pyridine rings is 1. The van der Waals surface area contributed by atoms with Crippen molar-refractivity contribution in [3.8, 4) is 5.75 Å². The fourth-order valence-corrected chi connectivity index (χ4v) is 1.98. The fraction of sp³-hybridized carbons (Fsp3) is 0.0769. The summed E-state index contributed by atoms with van der Waals surface area (Å²) in [7, 11) is 0. The van der Waals surface area contributed by atoms with Crippen LogP contribution in [-0.4, -0.2) is 21.8 Å². The van der Waals surface area contributed by atoms with E-state index in [0.29, 0.717) is 11.4 Å². The van der Waals surface area contributed by atoms with Crippen molar-refractivity contribution in [2.75, 3.05) is 11.1 Å². The molecule has 0 atom stereocenters. The second-order valence-corrected chi connectivity index (χ2v) is 4.55. The number of phenols is 1. The zero-order valence-electron chi connectivity index (χ0n) is 9.54. The highest BCUT2D eigenvalue weighted by Gasteiger charge is 2.04. The summed E-state index contributed by atoms with van der Waals surface area (Å²) in [4.78, 5) is 15.8. The van der Waals surface area contributed by atoms with Gasteiger partial charge in [-0.2, -0.15) is 0 Å². The highest BCUT2D eigenvalue weighted by Crippen LogP contribution is 2.16. The Balaban J connectivity index is 1.84. The van der Waals surface area contributed by atoms with E-state index in [4.69, 9.17) is 5.11 Å². The number of thioether (sulfide) groups is 1. The molecule has 2 N–H and O–H groups in total. The van der Waals surface area contributed by atoms with E-state index >= 15 is 0 Å². The third-order valence-electron chi connectivity index (χ3n) is 2.14. The second-order valence-electron chi connectivity index (χ2n) is 3.55. The van der Waals surface area contributed by atoms with E-state index in [1.54, 1.807) is 18.3 Å². The Hall–Kier alpha value is -2.01. The number of aromatic nitrogens is 1. The van der Waals surface area contributed by atoms with Gasteiger partial charge in [-0.05, 0) is 36.4 Å². The van der Waals surface area contributed by atoms with Gasteiger partial charge < -0.3 is 10.4 Å². The van der Waals surface area contributed by atoms with Crippen LogP contribution >= 0.6 is 11.8 Å². The van der Waals surface area contributed by atoms with Gasteiger partial charge in [0, 0.05) is 11.9 Å². The van der Waals surface area contributed by atoms with Crippen LogP contribution in [0.15, 0.2) is 53.7 Å². The van der Waals surface area contributed by atoms with Gasteiger partial charge in [0.1, 0.15) is 5.75 Å². The number of phenolic OH excluding ortho intramolecular Hbond substituents is 1. The van der Waals surface area contributed by atoms with Crippen molar-refractivity contribution < 1.29 is 9.90 Å². The van der Waals surface area contributed by atoms with Gasteiger partial charge in [0.15, 0.2) is 0 Å². The molecule has 0 saturated heterocycles. The number of carbonyl (C=O) groups is 1. The number of hydrogen-bond donors (Lipinski definition) is 2. The lowest BCUT2D eigenvalue weighted by Crippen LogP contribution is -2.13. The van der Waals surface area contributed by atoms with E-state index in [0.717, 1.165) is 5.03 Å². The number of anilines is 1. The Kier molecular flexibility index (Phi) is 4.20. The van der Waals surface area contributed by atoms with Gasteiger partial charge in [-0.25, -0.2) is 4.98 Å². The third-order valence-corrected chi connectivity index (χ3v) is 3.08. The van der Waals surface area contributed by atoms with E-state index in [2.05, 4.69) is 10.3 Å². The minimum Gasteiger partial charge on any atom is -0.508 e. The van der Waals surface area contributed by atoms with Gasteiger partial charge in [-0.15, -0.1) is 0 Å². The molecule has 0 radical (unpaired) electrons. The van der Waals surface area contributed by atoms with Crippen LogP contribution in [0.5, 0.6) is 5.75 Å². The zero-order chi connectivity index (χ0) is 12.8. The van der Waals surface area contributed by atoms with Crippen molar-refractivity contribution in [3.63, 3.8) is 0 Å². The second kappa shape index (κ2) is 6.07. The normalized spacial score (nSPS) is 10.0. The first-order valence-electron chi connectivity index (χ1n) is 5.37. The zero-order valence-corrected chi connectivity index (χ0v) is 10.4. The van der Waals surface area contributed by atoms with E-state index in [1.165, 1.54) is 23.9 Å². The number of carbonyl (C=O) groups excluding carboxylic acids is 1. The Morgan fingerprint density at radius 3 is 2.67 bits per heavy atom. The molecule has 4 nitrogen and oxygen atoms in total. The molecule has 0 bridgehead atoms. The number of nitrogens with zero attached hydrogens (tertiary/aromatic N) is 1. The lowest BCUT2D eigenvalue weighted by Gasteiger charge is -2.04. The standard InChI is InChI=1S/C13H12N2O2S/c16-11-6-4-10(5-7-11)15-12(17)9-18-13-3-1-2-8-14-13/h1-8,16H,9H2,(H,15,17). The minimum atomic E-state index is -0.101. The maximum atomic E-state index is 11.6. The molecule has 5 heteroatoms. The molecular weight excluding hydrogens is 248 g/mol. The molecule has 0 spiro atoms. The monoisotopic (exact) mass is 260 g/mol. The molecule has 92 valence electrons. The number of rotatable bonds is 4. The van der Waals surface area contributed by atoms with E-state index in [1.807, 2.05) is 18.2 Å². The molecule has 0 aliphatic heterocycles. The van der Waals surface area contributed by atoms with Crippen molar-refractivity contribution >= 4 is 23.4 Å². The van der Waals surface area contributed by atoms with Crippen molar-refractivity contribution in [2.24, 2.45) is 0 Å². The van der Waals surface area contributed by atoms with Crippen LogP contribution in [0.3, 0.4) is 0 Å². The number of benzene rings is 1. The van der Waals surface area contributed by atoms with Gasteiger partial charge in [0.25, 0.3) is 0 Å². The van der Waals surface area contributed by atoms with Crippen LogP contribution in [0.4, 0.5) is 5.69 Å². The fourth-order valence-electron chi connectivity index (χ4n) is 1.31. The van der Waals surface area contributed by atoms with Gasteiger partial charge in [-0.3, -0.25) is 4.79 Å². The van der Waals surface area contributed by atoms with E-state index in [9.17, 15) is 4.79 Å². The summed E-state index contributed by atoms with van der Waals surface area (Å²) in [6.45, 7) is 0. The molecule has 2 rings (SSSR count). The summed E-state index contributed by atoms with van der Waals surface area (Å²) in [6, 6.07) is 11.9. The van der Waals surface area contributed by atoms with Crippen molar-refractivity contribution in [1.29, 1.82) is 0 Å². The smallest absolute Gasteiger partial charge is 0.234 e. The minimum absolute atomic E-state index is 0.101. The summed E-state index contributed by atoms with van der Waals surface area (Å²) in [5.41, 5.74) is 0.666. The lowest BCUT2D eigenvalue weighted by atomic mass is 10.3. The van der Waals surface area contributed by atoms with Crippen molar-refractivity contribution in [2.45, 2.75) is 5.03 Å². The Morgan fingerprint density at radius 2 is 2.00 bits per heavy atom. The van der Waals surface area contributed by atoms with Crippen LogP contribution in [0.1, 0.15) is 0 Å². The van der Waals surface area contributed by atoms with Crippen LogP contribution in [0, 0.1) is 0 Å². The molecule has 18 heavy (non-hydrogen) atoms. The van der Waals surface area contributed by atoms with Gasteiger partial charge in [0.05, 0.1) is 10.8 Å². The summed E-state index contributed by atoms with van der Waals surface area (Å²) in [5, 5.41) is 12.7. The third kappa shape index (κ3) is 3.78. The van der Waals surface area contributed by atoms with E-state index in [-0.39, 0.29) is 11.7 Å². The van der Waals surface area contributed by atoms with Crippen molar-refractivity contribution in [1.82, 2.24) is 4.98 Å². The molecule has 0 aliphatic carbocycles. The summed E-state index contributed by atoms with van der Waals surface area (Å²) < 4.78 is 0. The molecule has 0 saturated carbocycles. The van der Waals surface area contributed by atoms with Crippen LogP contribution < -0.4 is 5.32 Å². The average Bonchev–Trinajstić information content (AvgIpc) is 2.40. The van der Waals surface area contributed by atoms with Gasteiger partial charge >= 0.3 is 0 Å². The Labute approximate surface area is 109 Å². The molecule has 0 fully saturated rings. The molecule has 1 heterocycles. The van der Waals surface area contributed by atoms with Gasteiger partial charge in [-0.1, -0.05) is 17.8 Å². The first kappa shape index (κ1) is 12.4. The summed E-state index contributed by atoms with van der Waals surface area (Å²) in [6.07, 6.45) is 1.69. The lowest BCUT2D eigenvalue weighted by molar-refractivity contribution is -0.113. The largest absolute Gasteiger partial charge is 0.508 e. The quantitative estimate of drug-likeness (QED) is 0.655. The first-order valence-corrected chi connectivity index (χ1v) is 6.35. The molecular formula is C13H12N2O2S. The topological polar surface area (TPSA) is 62.2 Å². The van der Waals surface area contributed by atoms with E-state index < -0.39 is 0 Å². The molecule has 1 aromatic carbocycles. The predicted octanol–water partition coefficient (Wildman–Crippen LogP) is 2.52. The molecule has 2 aromatic rings. The maximum absolute atomic E-state index is 11.6. The van der Waals surface area contributed by atoms with Crippen LogP contribution in [-0.2, 0) is 4.79 Å². The summed E-state index contributed by atoms with van der Waals surface area (Å²) >= 11 is 1.38. The predicted molar refractivity (Wildman–Crippen MR) is 71.7 cm³/mol. The van der Waals surface area contributed by atoms with Crippen molar-refractivity contribution in [3.05, 3.63) is 48.7 Å². The number of nitrogens with one attached hydrogen (secondary N) is 1. The highest BCUT2D eigenvalue weighted by atomic mass is 32.2. The van der Waals surface area contributed by atoms with Crippen LogP contribution in [0.25, 0.3) is 0 Å². The molecule has 1 amide bonds. The Morgan fingerprint density at radius 1 is 1.22 bits per heavy atom.